The zero-order valence-corrected chi connectivity index (χ0v) is 11.9. The Labute approximate surface area is 117 Å². The topological polar surface area (TPSA) is 29.1 Å². The first-order chi connectivity index (χ1) is 8.37. The molecule has 0 fully saturated rings. The van der Waals surface area contributed by atoms with Gasteiger partial charge >= 0.3 is 0 Å². The minimum absolute atomic E-state index is 0.00406. The summed E-state index contributed by atoms with van der Waals surface area (Å²) in [5.41, 5.74) is 1.63. The second kappa shape index (κ2) is 4.94. The Kier molecular flexibility index (Phi) is 3.69. The maximum atomic E-state index is 11.8. The fourth-order valence-electron chi connectivity index (χ4n) is 2.11. The van der Waals surface area contributed by atoms with Gasteiger partial charge in [0, 0.05) is 22.8 Å². The van der Waals surface area contributed by atoms with E-state index in [0.29, 0.717) is 16.5 Å². The Morgan fingerprint density at radius 3 is 2.33 bits per heavy atom. The molecule has 0 spiro atoms. The van der Waals surface area contributed by atoms with Crippen molar-refractivity contribution in [2.24, 2.45) is 5.41 Å². The molecule has 1 aliphatic rings. The van der Waals surface area contributed by atoms with E-state index in [0.717, 1.165) is 17.8 Å². The van der Waals surface area contributed by atoms with Crippen LogP contribution in [0.15, 0.2) is 35.0 Å². The summed E-state index contributed by atoms with van der Waals surface area (Å²) in [4.78, 5) is 11.8. The molecule has 0 saturated carbocycles. The van der Waals surface area contributed by atoms with E-state index in [1.54, 1.807) is 12.1 Å². The van der Waals surface area contributed by atoms with Crippen LogP contribution in [0.1, 0.15) is 26.7 Å². The van der Waals surface area contributed by atoms with E-state index in [-0.39, 0.29) is 11.2 Å². The van der Waals surface area contributed by atoms with E-state index in [1.807, 2.05) is 12.1 Å². The van der Waals surface area contributed by atoms with Crippen molar-refractivity contribution >= 4 is 34.7 Å². The van der Waals surface area contributed by atoms with Crippen LogP contribution in [0.3, 0.4) is 0 Å². The van der Waals surface area contributed by atoms with Crippen molar-refractivity contribution in [3.8, 4) is 0 Å². The Morgan fingerprint density at radius 1 is 1.11 bits per heavy atom. The lowest BCUT2D eigenvalue weighted by atomic mass is 9.78. The van der Waals surface area contributed by atoms with Crippen molar-refractivity contribution in [1.29, 1.82) is 0 Å². The molecule has 0 heterocycles. The number of allylic oxidation sites excluding steroid dienone is 2. The van der Waals surface area contributed by atoms with Gasteiger partial charge in [-0.1, -0.05) is 37.0 Å². The summed E-state index contributed by atoms with van der Waals surface area (Å²) >= 11 is 11.9. The molecule has 1 N–H and O–H groups in total. The van der Waals surface area contributed by atoms with Gasteiger partial charge in [-0.3, -0.25) is 4.79 Å². The second-order valence-corrected chi connectivity index (χ2v) is 6.18. The lowest BCUT2D eigenvalue weighted by Crippen LogP contribution is -2.26. The molecule has 1 aromatic carbocycles. The van der Waals surface area contributed by atoms with Gasteiger partial charge in [0.15, 0.2) is 5.78 Å². The first-order valence-corrected chi connectivity index (χ1v) is 6.57. The van der Waals surface area contributed by atoms with Crippen molar-refractivity contribution < 1.29 is 4.79 Å². The zero-order valence-electron chi connectivity index (χ0n) is 10.4. The molecule has 18 heavy (non-hydrogen) atoms. The van der Waals surface area contributed by atoms with Gasteiger partial charge in [0.2, 0.25) is 0 Å². The molecule has 0 amide bonds. The summed E-state index contributed by atoms with van der Waals surface area (Å²) in [6, 6.07) is 7.33. The molecule has 0 atom stereocenters. The summed E-state index contributed by atoms with van der Waals surface area (Å²) in [6.07, 6.45) is 1.26. The standard InChI is InChI=1S/C14H15Cl2NO/c1-14(2)7-11(13(16)12(18)8-14)17-10-5-3-9(15)4-6-10/h3-6,17H,7-8H2,1-2H3. The average Bonchev–Trinajstić information content (AvgIpc) is 2.27. The van der Waals surface area contributed by atoms with E-state index in [1.165, 1.54) is 0 Å². The van der Waals surface area contributed by atoms with Crippen LogP contribution < -0.4 is 5.32 Å². The molecule has 2 nitrogen and oxygen atoms in total. The fraction of sp³-hybridized carbons (Fsp3) is 0.357. The quantitative estimate of drug-likeness (QED) is 0.860. The van der Waals surface area contributed by atoms with E-state index < -0.39 is 0 Å². The predicted octanol–water partition coefficient (Wildman–Crippen LogP) is 4.59. The summed E-state index contributed by atoms with van der Waals surface area (Å²) in [5, 5.41) is 4.22. The number of Topliss-reactive ketones (excluding diaryl/α,β-unsaturated/α-hetero) is 1. The second-order valence-electron chi connectivity index (χ2n) is 5.37. The number of benzene rings is 1. The van der Waals surface area contributed by atoms with Gasteiger partial charge in [-0.25, -0.2) is 0 Å². The van der Waals surface area contributed by atoms with Gasteiger partial charge < -0.3 is 5.32 Å². The first kappa shape index (κ1) is 13.4. The number of carbonyl (C=O) groups is 1. The monoisotopic (exact) mass is 283 g/mol. The molecule has 0 aliphatic heterocycles. The van der Waals surface area contributed by atoms with Gasteiger partial charge in [-0.05, 0) is 36.1 Å². The summed E-state index contributed by atoms with van der Waals surface area (Å²) in [5.74, 6) is 0.00406. The minimum atomic E-state index is -0.0514. The van der Waals surface area contributed by atoms with Crippen LogP contribution in [0.4, 0.5) is 5.69 Å². The van der Waals surface area contributed by atoms with Crippen LogP contribution in [-0.2, 0) is 4.79 Å². The number of hydrogen-bond acceptors (Lipinski definition) is 2. The van der Waals surface area contributed by atoms with E-state index in [4.69, 9.17) is 23.2 Å². The molecule has 0 radical (unpaired) electrons. The van der Waals surface area contributed by atoms with Crippen molar-refractivity contribution in [3.63, 3.8) is 0 Å². The summed E-state index contributed by atoms with van der Waals surface area (Å²) in [6.45, 7) is 4.13. The van der Waals surface area contributed by atoms with Crippen molar-refractivity contribution in [2.75, 3.05) is 5.32 Å². The number of anilines is 1. The molecule has 0 bridgehead atoms. The van der Waals surface area contributed by atoms with Gasteiger partial charge in [-0.2, -0.15) is 0 Å². The highest BCUT2D eigenvalue weighted by atomic mass is 35.5. The zero-order chi connectivity index (χ0) is 13.3. The van der Waals surface area contributed by atoms with Crippen molar-refractivity contribution in [1.82, 2.24) is 0 Å². The third-order valence-corrected chi connectivity index (χ3v) is 3.63. The Bertz CT molecular complexity index is 503. The number of hydrogen-bond donors (Lipinski definition) is 1. The number of carbonyl (C=O) groups excluding carboxylic acids is 1. The van der Waals surface area contributed by atoms with Crippen LogP contribution in [-0.4, -0.2) is 5.78 Å². The Balaban J connectivity index is 2.24. The van der Waals surface area contributed by atoms with Gasteiger partial charge in [0.1, 0.15) is 5.03 Å². The summed E-state index contributed by atoms with van der Waals surface area (Å²) in [7, 11) is 0. The number of nitrogens with one attached hydrogen (secondary N) is 1. The van der Waals surface area contributed by atoms with E-state index in [9.17, 15) is 4.79 Å². The molecular formula is C14H15Cl2NO. The molecule has 0 aromatic heterocycles. The number of ketones is 1. The van der Waals surface area contributed by atoms with Crippen LogP contribution in [0, 0.1) is 5.41 Å². The predicted molar refractivity (Wildman–Crippen MR) is 76.0 cm³/mol. The minimum Gasteiger partial charge on any atom is -0.358 e. The lowest BCUT2D eigenvalue weighted by molar-refractivity contribution is -0.117. The highest BCUT2D eigenvalue weighted by Crippen LogP contribution is 2.38. The molecular weight excluding hydrogens is 269 g/mol. The number of halogens is 2. The maximum absolute atomic E-state index is 11.8. The lowest BCUT2D eigenvalue weighted by Gasteiger charge is -2.30. The molecule has 1 aliphatic carbocycles. The molecule has 4 heteroatoms. The Morgan fingerprint density at radius 2 is 1.72 bits per heavy atom. The van der Waals surface area contributed by atoms with Gasteiger partial charge in [-0.15, -0.1) is 0 Å². The SMILES string of the molecule is CC1(C)CC(=O)C(Cl)=C(Nc2ccc(Cl)cc2)C1. The maximum Gasteiger partial charge on any atom is 0.176 e. The van der Waals surface area contributed by atoms with Crippen LogP contribution in [0.5, 0.6) is 0 Å². The molecule has 96 valence electrons. The van der Waals surface area contributed by atoms with Crippen LogP contribution in [0.2, 0.25) is 5.02 Å². The highest BCUT2D eigenvalue weighted by Gasteiger charge is 2.32. The van der Waals surface area contributed by atoms with Crippen molar-refractivity contribution in [3.05, 3.63) is 40.0 Å². The van der Waals surface area contributed by atoms with E-state index in [2.05, 4.69) is 19.2 Å². The Hall–Kier alpha value is -0.990. The van der Waals surface area contributed by atoms with Crippen molar-refractivity contribution in [2.45, 2.75) is 26.7 Å². The highest BCUT2D eigenvalue weighted by molar-refractivity contribution is 6.43. The summed E-state index contributed by atoms with van der Waals surface area (Å²) < 4.78 is 0. The smallest absolute Gasteiger partial charge is 0.176 e. The molecule has 0 unspecified atom stereocenters. The van der Waals surface area contributed by atoms with Gasteiger partial charge in [0.05, 0.1) is 0 Å². The molecule has 2 rings (SSSR count). The fourth-order valence-corrected chi connectivity index (χ4v) is 2.41. The molecule has 0 saturated heterocycles. The van der Waals surface area contributed by atoms with E-state index >= 15 is 0 Å². The third-order valence-electron chi connectivity index (χ3n) is 2.94. The van der Waals surface area contributed by atoms with Crippen LogP contribution >= 0.6 is 23.2 Å². The molecule has 1 aromatic rings. The number of rotatable bonds is 2. The largest absolute Gasteiger partial charge is 0.358 e. The normalized spacial score (nSPS) is 19.0. The first-order valence-electron chi connectivity index (χ1n) is 5.82. The third kappa shape index (κ3) is 3.06. The van der Waals surface area contributed by atoms with Gasteiger partial charge in [0.25, 0.3) is 0 Å². The van der Waals surface area contributed by atoms with Crippen LogP contribution in [0.25, 0.3) is 0 Å². The average molecular weight is 284 g/mol.